The van der Waals surface area contributed by atoms with Crippen molar-refractivity contribution in [2.24, 2.45) is 0 Å². The highest BCUT2D eigenvalue weighted by molar-refractivity contribution is 5.96. The van der Waals surface area contributed by atoms with Crippen LogP contribution in [0.5, 0.6) is 0 Å². The van der Waals surface area contributed by atoms with Gasteiger partial charge in [0.15, 0.2) is 0 Å². The van der Waals surface area contributed by atoms with Crippen LogP contribution in [0.25, 0.3) is 0 Å². The Labute approximate surface area is 201 Å². The average molecular weight is 477 g/mol. The van der Waals surface area contributed by atoms with E-state index in [1.54, 1.807) is 40.3 Å². The van der Waals surface area contributed by atoms with Crippen molar-refractivity contribution in [3.63, 3.8) is 0 Å². The number of benzene rings is 1. The van der Waals surface area contributed by atoms with Crippen molar-refractivity contribution < 1.29 is 14.0 Å². The lowest BCUT2D eigenvalue weighted by Crippen LogP contribution is -2.50. The van der Waals surface area contributed by atoms with Crippen molar-refractivity contribution in [3.8, 4) is 0 Å². The topological polar surface area (TPSA) is 111 Å². The summed E-state index contributed by atoms with van der Waals surface area (Å²) in [6, 6.07) is 7.87. The maximum absolute atomic E-state index is 14.7. The number of carbonyl (C=O) groups excluding carboxylic acids is 2. The largest absolute Gasteiger partial charge is 0.383 e. The molecule has 4 heterocycles. The second-order valence-electron chi connectivity index (χ2n) is 8.70. The third kappa shape index (κ3) is 4.64. The van der Waals surface area contributed by atoms with Crippen molar-refractivity contribution in [1.29, 1.82) is 0 Å². The molecule has 10 heteroatoms. The number of pyridine rings is 1. The number of carbonyl (C=O) groups is 2. The standard InChI is InChI=1S/C25H25FN6O3/c26-20-6-5-16(14-21-22-18(4-2-8-28-22)23(33)30-29-21)13-19(20)25(35)32-11-9-31(10-12-32)24(34)17-3-1-7-27-15-17/h1,3,5-7,13,15,28H,2,4,8-12,14H2,(H,30,33). The molecule has 0 unspecified atom stereocenters. The fourth-order valence-electron chi connectivity index (χ4n) is 4.58. The molecule has 35 heavy (non-hydrogen) atoms. The number of halogens is 1. The number of piperazine rings is 1. The lowest BCUT2D eigenvalue weighted by atomic mass is 9.99. The number of H-pyrrole nitrogens is 1. The first-order valence-corrected chi connectivity index (χ1v) is 11.6. The van der Waals surface area contributed by atoms with Gasteiger partial charge in [-0.1, -0.05) is 6.07 Å². The van der Waals surface area contributed by atoms with E-state index in [1.165, 1.54) is 12.3 Å². The number of fused-ring (bicyclic) bond motifs is 1. The van der Waals surface area contributed by atoms with Gasteiger partial charge in [0.25, 0.3) is 17.4 Å². The summed E-state index contributed by atoms with van der Waals surface area (Å²) in [6.07, 6.45) is 5.02. The molecule has 1 saturated heterocycles. The average Bonchev–Trinajstić information content (AvgIpc) is 2.91. The minimum Gasteiger partial charge on any atom is -0.383 e. The predicted molar refractivity (Wildman–Crippen MR) is 127 cm³/mol. The normalized spacial score (nSPS) is 15.3. The number of aromatic nitrogens is 3. The molecule has 3 aromatic rings. The summed E-state index contributed by atoms with van der Waals surface area (Å²) >= 11 is 0. The Morgan fingerprint density at radius 3 is 2.57 bits per heavy atom. The molecule has 5 rings (SSSR count). The zero-order chi connectivity index (χ0) is 24.4. The highest BCUT2D eigenvalue weighted by Crippen LogP contribution is 2.24. The van der Waals surface area contributed by atoms with Gasteiger partial charge in [0.2, 0.25) is 0 Å². The van der Waals surface area contributed by atoms with Crippen LogP contribution in [-0.4, -0.2) is 69.5 Å². The Bertz CT molecular complexity index is 1320. The van der Waals surface area contributed by atoms with Gasteiger partial charge in [-0.05, 0) is 42.7 Å². The van der Waals surface area contributed by atoms with Crippen LogP contribution < -0.4 is 10.9 Å². The van der Waals surface area contributed by atoms with Crippen molar-refractivity contribution >= 4 is 17.5 Å². The Kier molecular flexibility index (Phi) is 6.26. The quantitative estimate of drug-likeness (QED) is 0.595. The number of nitrogens with one attached hydrogen (secondary N) is 2. The second-order valence-corrected chi connectivity index (χ2v) is 8.70. The van der Waals surface area contributed by atoms with Crippen LogP contribution in [0, 0.1) is 5.82 Å². The zero-order valence-electron chi connectivity index (χ0n) is 19.1. The molecule has 0 atom stereocenters. The second kappa shape index (κ2) is 9.65. The van der Waals surface area contributed by atoms with E-state index in [0.717, 1.165) is 18.7 Å². The van der Waals surface area contributed by atoms with Gasteiger partial charge in [0.05, 0.1) is 22.5 Å². The van der Waals surface area contributed by atoms with Gasteiger partial charge in [-0.2, -0.15) is 5.10 Å². The van der Waals surface area contributed by atoms with Crippen molar-refractivity contribution in [2.45, 2.75) is 19.3 Å². The number of rotatable bonds is 4. The smallest absolute Gasteiger partial charge is 0.269 e. The van der Waals surface area contributed by atoms with E-state index in [0.29, 0.717) is 61.4 Å². The Morgan fingerprint density at radius 2 is 1.83 bits per heavy atom. The molecule has 0 radical (unpaired) electrons. The molecule has 9 nitrogen and oxygen atoms in total. The predicted octanol–water partition coefficient (Wildman–Crippen LogP) is 1.85. The van der Waals surface area contributed by atoms with E-state index in [2.05, 4.69) is 20.5 Å². The summed E-state index contributed by atoms with van der Waals surface area (Å²) in [5.74, 6) is -1.14. The molecule has 0 spiro atoms. The minimum absolute atomic E-state index is 0.0132. The summed E-state index contributed by atoms with van der Waals surface area (Å²) in [5, 5.41) is 9.99. The number of hydrogen-bond acceptors (Lipinski definition) is 6. The maximum atomic E-state index is 14.7. The number of anilines is 1. The molecule has 0 aliphatic carbocycles. The van der Waals surface area contributed by atoms with Gasteiger partial charge in [-0.15, -0.1) is 0 Å². The molecule has 2 N–H and O–H groups in total. The molecule has 2 aliphatic rings. The van der Waals surface area contributed by atoms with E-state index in [9.17, 15) is 18.8 Å². The molecule has 0 saturated carbocycles. The highest BCUT2D eigenvalue weighted by Gasteiger charge is 2.27. The van der Waals surface area contributed by atoms with Crippen LogP contribution in [0.15, 0.2) is 47.5 Å². The van der Waals surface area contributed by atoms with E-state index in [-0.39, 0.29) is 17.0 Å². The van der Waals surface area contributed by atoms with Crippen LogP contribution in [0.1, 0.15) is 44.0 Å². The molecule has 2 amide bonds. The molecule has 2 aromatic heterocycles. The summed E-state index contributed by atoms with van der Waals surface area (Å²) in [4.78, 5) is 45.1. The molecule has 1 fully saturated rings. The molecule has 1 aromatic carbocycles. The molecule has 0 bridgehead atoms. The van der Waals surface area contributed by atoms with Crippen LogP contribution >= 0.6 is 0 Å². The lowest BCUT2D eigenvalue weighted by Gasteiger charge is -2.35. The van der Waals surface area contributed by atoms with Crippen molar-refractivity contribution in [3.05, 3.63) is 86.8 Å². The van der Waals surface area contributed by atoms with Gasteiger partial charge in [-0.3, -0.25) is 19.4 Å². The number of nitrogens with zero attached hydrogens (tertiary/aromatic N) is 4. The van der Waals surface area contributed by atoms with Crippen LogP contribution in [0.4, 0.5) is 10.1 Å². The van der Waals surface area contributed by atoms with Crippen molar-refractivity contribution in [2.75, 3.05) is 38.0 Å². The van der Waals surface area contributed by atoms with Crippen LogP contribution in [0.3, 0.4) is 0 Å². The van der Waals surface area contributed by atoms with E-state index in [4.69, 9.17) is 0 Å². The van der Waals surface area contributed by atoms with Gasteiger partial charge in [0.1, 0.15) is 5.82 Å². The third-order valence-corrected chi connectivity index (χ3v) is 6.46. The highest BCUT2D eigenvalue weighted by atomic mass is 19.1. The number of hydrogen-bond donors (Lipinski definition) is 2. The van der Waals surface area contributed by atoms with Gasteiger partial charge in [0, 0.05) is 57.1 Å². The number of amides is 2. The first-order valence-electron chi connectivity index (χ1n) is 11.6. The molecule has 2 aliphatic heterocycles. The van der Waals surface area contributed by atoms with Gasteiger partial charge < -0.3 is 15.1 Å². The molecule has 180 valence electrons. The Morgan fingerprint density at radius 1 is 1.06 bits per heavy atom. The number of aromatic amines is 1. The first kappa shape index (κ1) is 22.7. The molecular weight excluding hydrogens is 451 g/mol. The molecular formula is C25H25FN6O3. The van der Waals surface area contributed by atoms with E-state index >= 15 is 0 Å². The van der Waals surface area contributed by atoms with Gasteiger partial charge >= 0.3 is 0 Å². The minimum atomic E-state index is -0.595. The SMILES string of the molecule is O=C(c1cccnc1)N1CCN(C(=O)c2cc(Cc3n[nH]c(=O)c4c3NCCC4)ccc2F)CC1. The third-order valence-electron chi connectivity index (χ3n) is 6.46. The fraction of sp³-hybridized carbons (Fsp3) is 0.320. The monoisotopic (exact) mass is 476 g/mol. The van der Waals surface area contributed by atoms with E-state index in [1.807, 2.05) is 0 Å². The summed E-state index contributed by atoms with van der Waals surface area (Å²) in [6.45, 7) is 2.11. The zero-order valence-corrected chi connectivity index (χ0v) is 19.1. The summed E-state index contributed by atoms with van der Waals surface area (Å²) < 4.78 is 14.7. The lowest BCUT2D eigenvalue weighted by molar-refractivity contribution is 0.0532. The van der Waals surface area contributed by atoms with Crippen LogP contribution in [0.2, 0.25) is 0 Å². The van der Waals surface area contributed by atoms with Crippen LogP contribution in [-0.2, 0) is 12.8 Å². The van der Waals surface area contributed by atoms with Crippen molar-refractivity contribution in [1.82, 2.24) is 25.0 Å². The summed E-state index contributed by atoms with van der Waals surface area (Å²) in [5.41, 5.74) is 3.07. The Balaban J connectivity index is 1.29. The fourth-order valence-corrected chi connectivity index (χ4v) is 4.58. The van der Waals surface area contributed by atoms with Gasteiger partial charge in [-0.25, -0.2) is 9.49 Å². The Hall–Kier alpha value is -4.08. The van der Waals surface area contributed by atoms with E-state index < -0.39 is 11.7 Å². The first-order chi connectivity index (χ1) is 17.0. The summed E-state index contributed by atoms with van der Waals surface area (Å²) in [7, 11) is 0. The maximum Gasteiger partial charge on any atom is 0.269 e.